The van der Waals surface area contributed by atoms with E-state index in [0.717, 1.165) is 18.2 Å². The number of rotatable bonds is 4. The zero-order valence-electron chi connectivity index (χ0n) is 14.3. The minimum absolute atomic E-state index is 0.00103. The van der Waals surface area contributed by atoms with E-state index in [1.165, 1.54) is 24.3 Å². The van der Waals surface area contributed by atoms with E-state index in [2.05, 4.69) is 10.2 Å². The first-order chi connectivity index (χ1) is 13.1. The van der Waals surface area contributed by atoms with Crippen LogP contribution in [-0.4, -0.2) is 28.1 Å². The molecule has 144 valence electrons. The number of fused-ring (bicyclic) bond motifs is 1. The molecule has 3 N–H and O–H groups in total. The van der Waals surface area contributed by atoms with Crippen LogP contribution in [0.3, 0.4) is 0 Å². The molecule has 0 bridgehead atoms. The van der Waals surface area contributed by atoms with Crippen molar-refractivity contribution in [2.45, 2.75) is 11.8 Å². The molecule has 0 aliphatic heterocycles. The Hall–Kier alpha value is -3.57. The van der Waals surface area contributed by atoms with Crippen LogP contribution in [0.5, 0.6) is 11.5 Å². The first-order valence-electron chi connectivity index (χ1n) is 7.71. The van der Waals surface area contributed by atoms with Crippen LogP contribution in [0.1, 0.15) is 5.56 Å². The second-order valence-electron chi connectivity index (χ2n) is 5.88. The average Bonchev–Trinajstić information content (AvgIpc) is 2.61. The molecule has 0 aliphatic carbocycles. The topological polar surface area (TPSA) is 163 Å². The van der Waals surface area contributed by atoms with Gasteiger partial charge in [-0.15, -0.1) is 10.2 Å². The molecule has 0 radical (unpaired) electrons. The Labute approximate surface area is 158 Å². The Kier molecular flexibility index (Phi) is 4.71. The Balaban J connectivity index is 2.09. The van der Waals surface area contributed by atoms with Gasteiger partial charge in [-0.1, -0.05) is 6.07 Å². The summed E-state index contributed by atoms with van der Waals surface area (Å²) in [6, 6.07) is 8.46. The number of phenolic OH excluding ortho intramolecular Hbond substituents is 2. The van der Waals surface area contributed by atoms with Crippen molar-refractivity contribution < 1.29 is 28.1 Å². The number of phenols is 2. The summed E-state index contributed by atoms with van der Waals surface area (Å²) in [5.74, 6) is -0.630. The molecule has 0 aliphatic rings. The third-order valence-corrected chi connectivity index (χ3v) is 4.80. The third kappa shape index (κ3) is 3.61. The fourth-order valence-corrected chi connectivity index (χ4v) is 3.26. The van der Waals surface area contributed by atoms with Crippen molar-refractivity contribution >= 4 is 38.0 Å². The quantitative estimate of drug-likeness (QED) is 0.255. The zero-order chi connectivity index (χ0) is 20.6. The number of aryl methyl sites for hydroxylation is 1. The van der Waals surface area contributed by atoms with Gasteiger partial charge in [-0.2, -0.15) is 8.42 Å². The van der Waals surface area contributed by atoms with Gasteiger partial charge in [-0.3, -0.25) is 14.7 Å². The maximum atomic E-state index is 11.3. The van der Waals surface area contributed by atoms with E-state index in [1.807, 2.05) is 0 Å². The highest BCUT2D eigenvalue weighted by molar-refractivity contribution is 7.85. The van der Waals surface area contributed by atoms with Gasteiger partial charge in [0.1, 0.15) is 17.1 Å². The average molecular weight is 403 g/mol. The number of nitro benzene ring substituents is 1. The Bertz CT molecular complexity index is 1250. The second kappa shape index (κ2) is 6.87. The van der Waals surface area contributed by atoms with Gasteiger partial charge in [0, 0.05) is 17.5 Å². The van der Waals surface area contributed by atoms with Gasteiger partial charge in [0.05, 0.1) is 9.82 Å². The van der Waals surface area contributed by atoms with Crippen molar-refractivity contribution in [2.24, 2.45) is 10.2 Å². The summed E-state index contributed by atoms with van der Waals surface area (Å²) in [5, 5.41) is 39.3. The molecule has 10 nitrogen and oxygen atoms in total. The number of nitro groups is 1. The summed E-state index contributed by atoms with van der Waals surface area (Å²) in [7, 11) is -4.41. The summed E-state index contributed by atoms with van der Waals surface area (Å²) < 4.78 is 31.9. The second-order valence-corrected chi connectivity index (χ2v) is 7.30. The molecular weight excluding hydrogens is 390 g/mol. The van der Waals surface area contributed by atoms with Crippen LogP contribution in [0.2, 0.25) is 0 Å². The summed E-state index contributed by atoms with van der Waals surface area (Å²) >= 11 is 0. The number of hydrogen-bond acceptors (Lipinski definition) is 8. The normalized spacial score (nSPS) is 11.9. The van der Waals surface area contributed by atoms with Crippen LogP contribution in [-0.2, 0) is 10.1 Å². The number of hydrogen-bond donors (Lipinski definition) is 3. The van der Waals surface area contributed by atoms with Crippen molar-refractivity contribution in [3.63, 3.8) is 0 Å². The van der Waals surface area contributed by atoms with E-state index in [9.17, 15) is 33.3 Å². The summed E-state index contributed by atoms with van der Waals surface area (Å²) in [6.45, 7) is 1.55. The molecule has 0 fully saturated rings. The molecule has 0 unspecified atom stereocenters. The van der Waals surface area contributed by atoms with E-state index < -0.39 is 15.0 Å². The van der Waals surface area contributed by atoms with Gasteiger partial charge in [-0.25, -0.2) is 0 Å². The van der Waals surface area contributed by atoms with E-state index in [4.69, 9.17) is 0 Å². The number of nitrogens with zero attached hydrogens (tertiary/aromatic N) is 3. The summed E-state index contributed by atoms with van der Waals surface area (Å²) in [5.41, 5.74) is -0.0748. The van der Waals surface area contributed by atoms with Crippen molar-refractivity contribution in [3.05, 3.63) is 58.1 Å². The van der Waals surface area contributed by atoms with Crippen LogP contribution >= 0.6 is 0 Å². The highest BCUT2D eigenvalue weighted by Gasteiger charge is 2.16. The minimum Gasteiger partial charge on any atom is -0.506 e. The van der Waals surface area contributed by atoms with Crippen molar-refractivity contribution in [2.75, 3.05) is 0 Å². The maximum Gasteiger partial charge on any atom is 0.294 e. The fourth-order valence-electron chi connectivity index (χ4n) is 2.65. The van der Waals surface area contributed by atoms with Gasteiger partial charge in [0.2, 0.25) is 0 Å². The molecular formula is C17H13N3O7S. The summed E-state index contributed by atoms with van der Waals surface area (Å²) in [4.78, 5) is 9.86. The Morgan fingerprint density at radius 1 is 1.00 bits per heavy atom. The van der Waals surface area contributed by atoms with Gasteiger partial charge in [0.15, 0.2) is 5.75 Å². The van der Waals surface area contributed by atoms with E-state index in [1.54, 1.807) is 6.92 Å². The number of non-ortho nitro benzene ring substituents is 1. The molecule has 0 aromatic heterocycles. The van der Waals surface area contributed by atoms with E-state index in [0.29, 0.717) is 16.3 Å². The first-order valence-corrected chi connectivity index (χ1v) is 9.15. The van der Waals surface area contributed by atoms with E-state index >= 15 is 0 Å². The Morgan fingerprint density at radius 3 is 2.32 bits per heavy atom. The standard InChI is InChI=1S/C17H13N3O7S/c1-9-6-12(28(25,26)27)7-10-2-4-13(17(22)16(9)10)18-19-14-8-11(20(23)24)3-5-15(14)21/h2-8,21-22H,1H3,(H,25,26,27). The summed E-state index contributed by atoms with van der Waals surface area (Å²) in [6.07, 6.45) is 0. The molecule has 3 aromatic carbocycles. The zero-order valence-corrected chi connectivity index (χ0v) is 15.1. The highest BCUT2D eigenvalue weighted by atomic mass is 32.2. The molecule has 3 aromatic rings. The lowest BCUT2D eigenvalue weighted by Gasteiger charge is -2.09. The first kappa shape index (κ1) is 19.2. The van der Waals surface area contributed by atoms with Crippen molar-refractivity contribution in [3.8, 4) is 11.5 Å². The van der Waals surface area contributed by atoms with Crippen LogP contribution in [0.15, 0.2) is 57.6 Å². The monoisotopic (exact) mass is 403 g/mol. The Morgan fingerprint density at radius 2 is 1.68 bits per heavy atom. The molecule has 11 heteroatoms. The molecule has 0 saturated carbocycles. The van der Waals surface area contributed by atoms with Crippen molar-refractivity contribution in [1.82, 2.24) is 0 Å². The fraction of sp³-hybridized carbons (Fsp3) is 0.0588. The lowest BCUT2D eigenvalue weighted by Crippen LogP contribution is -1.98. The third-order valence-electron chi connectivity index (χ3n) is 3.97. The van der Waals surface area contributed by atoms with Crippen LogP contribution in [0, 0.1) is 17.0 Å². The highest BCUT2D eigenvalue weighted by Crippen LogP contribution is 2.39. The predicted molar refractivity (Wildman–Crippen MR) is 99.1 cm³/mol. The molecule has 0 heterocycles. The molecule has 0 amide bonds. The minimum atomic E-state index is -4.41. The molecule has 28 heavy (non-hydrogen) atoms. The largest absolute Gasteiger partial charge is 0.506 e. The van der Waals surface area contributed by atoms with Gasteiger partial charge < -0.3 is 10.2 Å². The SMILES string of the molecule is Cc1cc(S(=O)(=O)O)cc2ccc(N=Nc3cc([N+](=O)[O-])ccc3O)c(O)c12. The molecule has 0 atom stereocenters. The lowest BCUT2D eigenvalue weighted by atomic mass is 10.0. The molecule has 3 rings (SSSR count). The van der Waals surface area contributed by atoms with Gasteiger partial charge >= 0.3 is 0 Å². The number of benzene rings is 3. The number of aromatic hydroxyl groups is 2. The smallest absolute Gasteiger partial charge is 0.294 e. The van der Waals surface area contributed by atoms with Crippen molar-refractivity contribution in [1.29, 1.82) is 0 Å². The van der Waals surface area contributed by atoms with Crippen LogP contribution < -0.4 is 0 Å². The molecule has 0 saturated heterocycles. The molecule has 0 spiro atoms. The predicted octanol–water partition coefficient (Wildman–Crippen LogP) is 4.13. The lowest BCUT2D eigenvalue weighted by molar-refractivity contribution is -0.384. The van der Waals surface area contributed by atoms with E-state index in [-0.39, 0.29) is 33.5 Å². The maximum absolute atomic E-state index is 11.3. The number of azo groups is 1. The van der Waals surface area contributed by atoms with Gasteiger partial charge in [-0.05, 0) is 42.1 Å². The van der Waals surface area contributed by atoms with Crippen LogP contribution in [0.25, 0.3) is 10.8 Å². The van der Waals surface area contributed by atoms with Crippen LogP contribution in [0.4, 0.5) is 17.1 Å². The van der Waals surface area contributed by atoms with Gasteiger partial charge in [0.25, 0.3) is 15.8 Å².